The lowest BCUT2D eigenvalue weighted by atomic mass is 9.75. The topological polar surface area (TPSA) is 33.1 Å². The first kappa shape index (κ1) is 9.94. The fraction of sp³-hybridized carbons (Fsp3) is 0.545. The number of hydrogen-bond acceptors (Lipinski definition) is 2. The maximum absolute atomic E-state index is 9.90. The van der Waals surface area contributed by atoms with Crippen molar-refractivity contribution in [3.05, 3.63) is 28.5 Å². The van der Waals surface area contributed by atoms with Crippen LogP contribution in [0.3, 0.4) is 0 Å². The van der Waals surface area contributed by atoms with Gasteiger partial charge in [0.1, 0.15) is 5.15 Å². The zero-order valence-electron chi connectivity index (χ0n) is 8.42. The summed E-state index contributed by atoms with van der Waals surface area (Å²) < 4.78 is 0. The Bertz CT molecular complexity index is 362. The van der Waals surface area contributed by atoms with Crippen molar-refractivity contribution in [1.29, 1.82) is 0 Å². The molecule has 0 radical (unpaired) electrons. The van der Waals surface area contributed by atoms with Gasteiger partial charge >= 0.3 is 0 Å². The fourth-order valence-corrected chi connectivity index (χ4v) is 2.25. The van der Waals surface area contributed by atoms with Crippen LogP contribution in [0.5, 0.6) is 0 Å². The average molecular weight is 212 g/mol. The quantitative estimate of drug-likeness (QED) is 0.670. The van der Waals surface area contributed by atoms with Gasteiger partial charge in [-0.15, -0.1) is 0 Å². The molecule has 0 aliphatic heterocycles. The van der Waals surface area contributed by atoms with Gasteiger partial charge in [0.05, 0.1) is 6.10 Å². The summed E-state index contributed by atoms with van der Waals surface area (Å²) in [6.45, 7) is 4.28. The smallest absolute Gasteiger partial charge is 0.129 e. The maximum atomic E-state index is 9.90. The van der Waals surface area contributed by atoms with Crippen LogP contribution < -0.4 is 0 Å². The van der Waals surface area contributed by atoms with Crippen LogP contribution in [0.1, 0.15) is 37.6 Å². The molecule has 0 saturated heterocycles. The molecule has 0 saturated carbocycles. The van der Waals surface area contributed by atoms with Crippen LogP contribution in [0.15, 0.2) is 12.1 Å². The minimum atomic E-state index is -0.390. The summed E-state index contributed by atoms with van der Waals surface area (Å²) in [4.78, 5) is 4.27. The second-order valence-corrected chi connectivity index (χ2v) is 5.12. The molecule has 1 aliphatic rings. The van der Waals surface area contributed by atoms with Crippen LogP contribution in [0.25, 0.3) is 0 Å². The van der Waals surface area contributed by atoms with Crippen LogP contribution >= 0.6 is 11.6 Å². The predicted molar refractivity (Wildman–Crippen MR) is 56.3 cm³/mol. The van der Waals surface area contributed by atoms with Gasteiger partial charge in [-0.1, -0.05) is 31.5 Å². The van der Waals surface area contributed by atoms with Crippen molar-refractivity contribution in [3.8, 4) is 0 Å². The number of aliphatic hydroxyl groups excluding tert-OH is 1. The van der Waals surface area contributed by atoms with E-state index in [0.29, 0.717) is 5.15 Å². The SMILES string of the molecule is CC1(C)Cc2nc(Cl)ccc2[C@@H](O)C1. The second-order valence-electron chi connectivity index (χ2n) is 4.73. The van der Waals surface area contributed by atoms with Crippen LogP contribution in [0, 0.1) is 5.41 Å². The van der Waals surface area contributed by atoms with Crippen LogP contribution in [-0.2, 0) is 6.42 Å². The van der Waals surface area contributed by atoms with Crippen molar-refractivity contribution in [3.63, 3.8) is 0 Å². The number of rotatable bonds is 0. The van der Waals surface area contributed by atoms with E-state index < -0.39 is 6.10 Å². The van der Waals surface area contributed by atoms with Gasteiger partial charge in [-0.05, 0) is 24.3 Å². The van der Waals surface area contributed by atoms with Crippen molar-refractivity contribution in [1.82, 2.24) is 4.98 Å². The normalized spacial score (nSPS) is 24.4. The highest BCUT2D eigenvalue weighted by Crippen LogP contribution is 2.40. The van der Waals surface area contributed by atoms with Gasteiger partial charge < -0.3 is 5.11 Å². The van der Waals surface area contributed by atoms with Crippen molar-refractivity contribution in [2.45, 2.75) is 32.8 Å². The zero-order chi connectivity index (χ0) is 10.3. The second kappa shape index (κ2) is 3.21. The zero-order valence-corrected chi connectivity index (χ0v) is 9.17. The Morgan fingerprint density at radius 2 is 2.21 bits per heavy atom. The highest BCUT2D eigenvalue weighted by molar-refractivity contribution is 6.29. The third-order valence-electron chi connectivity index (χ3n) is 2.73. The first-order valence-electron chi connectivity index (χ1n) is 4.81. The molecule has 1 atom stereocenters. The predicted octanol–water partition coefficient (Wildman–Crippen LogP) is 2.74. The molecule has 1 heterocycles. The third-order valence-corrected chi connectivity index (χ3v) is 2.94. The van der Waals surface area contributed by atoms with E-state index in [1.807, 2.05) is 6.07 Å². The van der Waals surface area contributed by atoms with Gasteiger partial charge in [0, 0.05) is 11.3 Å². The molecule has 3 heteroatoms. The summed E-state index contributed by atoms with van der Waals surface area (Å²) >= 11 is 5.82. The molecule has 2 rings (SSSR count). The summed E-state index contributed by atoms with van der Waals surface area (Å²) in [6.07, 6.45) is 1.29. The Labute approximate surface area is 88.9 Å². The maximum Gasteiger partial charge on any atom is 0.129 e. The van der Waals surface area contributed by atoms with Crippen molar-refractivity contribution < 1.29 is 5.11 Å². The Kier molecular flexibility index (Phi) is 2.28. The number of hydrogen-bond donors (Lipinski definition) is 1. The molecule has 1 aromatic rings. The summed E-state index contributed by atoms with van der Waals surface area (Å²) in [5.74, 6) is 0. The summed E-state index contributed by atoms with van der Waals surface area (Å²) in [7, 11) is 0. The molecule has 1 aromatic heterocycles. The van der Waals surface area contributed by atoms with Crippen LogP contribution in [-0.4, -0.2) is 10.1 Å². The third kappa shape index (κ3) is 1.77. The van der Waals surface area contributed by atoms with Gasteiger partial charge in [0.15, 0.2) is 0 Å². The van der Waals surface area contributed by atoms with Crippen LogP contribution in [0.2, 0.25) is 5.15 Å². The highest BCUT2D eigenvalue weighted by atomic mass is 35.5. The van der Waals surface area contributed by atoms with Crippen molar-refractivity contribution in [2.75, 3.05) is 0 Å². The molecule has 1 N–H and O–H groups in total. The Morgan fingerprint density at radius 1 is 1.50 bits per heavy atom. The van der Waals surface area contributed by atoms with Crippen molar-refractivity contribution in [2.24, 2.45) is 5.41 Å². The van der Waals surface area contributed by atoms with Gasteiger partial charge in [-0.3, -0.25) is 0 Å². The van der Waals surface area contributed by atoms with Crippen molar-refractivity contribution >= 4 is 11.6 Å². The fourth-order valence-electron chi connectivity index (χ4n) is 2.09. The summed E-state index contributed by atoms with van der Waals surface area (Å²) in [5.41, 5.74) is 2.00. The number of pyridine rings is 1. The Morgan fingerprint density at radius 3 is 2.93 bits per heavy atom. The number of aromatic nitrogens is 1. The number of halogens is 1. The molecule has 0 unspecified atom stereocenters. The van der Waals surface area contributed by atoms with Gasteiger partial charge in [0.25, 0.3) is 0 Å². The largest absolute Gasteiger partial charge is 0.388 e. The Hall–Kier alpha value is -0.600. The number of aliphatic hydroxyl groups is 1. The Balaban J connectivity index is 2.46. The molecule has 76 valence electrons. The molecule has 0 spiro atoms. The lowest BCUT2D eigenvalue weighted by Gasteiger charge is -2.33. The van der Waals surface area contributed by atoms with E-state index in [1.165, 1.54) is 0 Å². The first-order valence-corrected chi connectivity index (χ1v) is 5.19. The van der Waals surface area contributed by atoms with E-state index >= 15 is 0 Å². The molecule has 0 bridgehead atoms. The monoisotopic (exact) mass is 211 g/mol. The average Bonchev–Trinajstić information content (AvgIpc) is 2.00. The van der Waals surface area contributed by atoms with E-state index in [2.05, 4.69) is 18.8 Å². The summed E-state index contributed by atoms with van der Waals surface area (Å²) in [5, 5.41) is 10.4. The molecule has 1 aliphatic carbocycles. The molecule has 2 nitrogen and oxygen atoms in total. The van der Waals surface area contributed by atoms with E-state index in [9.17, 15) is 5.11 Å². The van der Waals surface area contributed by atoms with Gasteiger partial charge in [0.2, 0.25) is 0 Å². The number of fused-ring (bicyclic) bond motifs is 1. The lowest BCUT2D eigenvalue weighted by molar-refractivity contribution is 0.0982. The molecule has 0 amide bonds. The first-order chi connectivity index (χ1) is 6.48. The standard InChI is InChI=1S/C11H14ClNO/c1-11(2)5-8-7(9(14)6-11)3-4-10(12)13-8/h3-4,9,14H,5-6H2,1-2H3/t9-/m0/s1. The summed E-state index contributed by atoms with van der Waals surface area (Å²) in [6, 6.07) is 3.62. The molecule has 0 aromatic carbocycles. The lowest BCUT2D eigenvalue weighted by Crippen LogP contribution is -2.26. The van der Waals surface area contributed by atoms with Gasteiger partial charge in [-0.25, -0.2) is 4.98 Å². The van der Waals surface area contributed by atoms with E-state index in [1.54, 1.807) is 6.07 Å². The van der Waals surface area contributed by atoms with E-state index in [0.717, 1.165) is 24.1 Å². The van der Waals surface area contributed by atoms with E-state index in [-0.39, 0.29) is 5.41 Å². The molecular formula is C11H14ClNO. The number of nitrogens with zero attached hydrogens (tertiary/aromatic N) is 1. The van der Waals surface area contributed by atoms with E-state index in [4.69, 9.17) is 11.6 Å². The van der Waals surface area contributed by atoms with Gasteiger partial charge in [-0.2, -0.15) is 0 Å². The van der Waals surface area contributed by atoms with Crippen LogP contribution in [0.4, 0.5) is 0 Å². The minimum Gasteiger partial charge on any atom is -0.388 e. The molecular weight excluding hydrogens is 198 g/mol. The minimum absolute atomic E-state index is 0.115. The highest BCUT2D eigenvalue weighted by Gasteiger charge is 2.31. The molecule has 14 heavy (non-hydrogen) atoms. The molecule has 0 fully saturated rings.